The molecule has 3 rings (SSSR count). The number of hydrogen-bond acceptors (Lipinski definition) is 4. The molecule has 1 amide bonds. The number of rotatable bonds is 6. The van der Waals surface area contributed by atoms with Gasteiger partial charge in [0.2, 0.25) is 5.91 Å². The van der Waals surface area contributed by atoms with E-state index in [1.165, 1.54) is 36.2 Å². The van der Waals surface area contributed by atoms with Gasteiger partial charge in [-0.1, -0.05) is 6.42 Å². The lowest BCUT2D eigenvalue weighted by Gasteiger charge is -2.29. The standard InChI is InChI=1S/C18H28N2O2S/c1-14-6-8-23-16(14)10-20-9-15-5-4-7-18(15,12-20)13-22-11-17(21)19(2)3/h6,8,15H,4-5,7,9-13H2,1-3H3/t15-,18+/m1/s1. The van der Waals surface area contributed by atoms with E-state index in [1.807, 2.05) is 11.3 Å². The summed E-state index contributed by atoms with van der Waals surface area (Å²) in [7, 11) is 3.56. The van der Waals surface area contributed by atoms with Gasteiger partial charge in [0.1, 0.15) is 6.61 Å². The molecular weight excluding hydrogens is 308 g/mol. The molecule has 1 saturated heterocycles. The minimum Gasteiger partial charge on any atom is -0.371 e. The third kappa shape index (κ3) is 3.62. The summed E-state index contributed by atoms with van der Waals surface area (Å²) in [6.07, 6.45) is 3.86. The molecule has 2 aliphatic rings. The van der Waals surface area contributed by atoms with Gasteiger partial charge in [0.25, 0.3) is 0 Å². The lowest BCUT2D eigenvalue weighted by molar-refractivity contribution is -0.135. The number of amides is 1. The number of aryl methyl sites for hydroxylation is 1. The fraction of sp³-hybridized carbons (Fsp3) is 0.722. The second-order valence-corrected chi connectivity index (χ2v) is 8.43. The summed E-state index contributed by atoms with van der Waals surface area (Å²) in [6.45, 7) is 6.52. The van der Waals surface area contributed by atoms with Gasteiger partial charge in [-0.15, -0.1) is 11.3 Å². The van der Waals surface area contributed by atoms with Crippen molar-refractivity contribution in [3.8, 4) is 0 Å². The number of carbonyl (C=O) groups excluding carboxylic acids is 1. The highest BCUT2D eigenvalue weighted by Crippen LogP contribution is 2.49. The quantitative estimate of drug-likeness (QED) is 0.801. The first-order valence-corrected chi connectivity index (χ1v) is 9.41. The summed E-state index contributed by atoms with van der Waals surface area (Å²) in [5, 5.41) is 2.19. The van der Waals surface area contributed by atoms with Crippen LogP contribution in [0.25, 0.3) is 0 Å². The van der Waals surface area contributed by atoms with E-state index >= 15 is 0 Å². The Balaban J connectivity index is 1.57. The molecule has 2 atom stereocenters. The van der Waals surface area contributed by atoms with Crippen LogP contribution >= 0.6 is 11.3 Å². The Kier molecular flexibility index (Phi) is 5.09. The van der Waals surface area contributed by atoms with Gasteiger partial charge in [0.05, 0.1) is 6.61 Å². The van der Waals surface area contributed by atoms with E-state index in [2.05, 4.69) is 23.3 Å². The Morgan fingerprint density at radius 2 is 2.35 bits per heavy atom. The van der Waals surface area contributed by atoms with Crippen molar-refractivity contribution in [3.63, 3.8) is 0 Å². The Labute approximate surface area is 143 Å². The van der Waals surface area contributed by atoms with Gasteiger partial charge in [0.15, 0.2) is 0 Å². The summed E-state index contributed by atoms with van der Waals surface area (Å²) < 4.78 is 5.84. The molecule has 2 fully saturated rings. The molecule has 0 radical (unpaired) electrons. The molecule has 2 heterocycles. The number of carbonyl (C=O) groups is 1. The normalized spacial score (nSPS) is 27.3. The molecule has 23 heavy (non-hydrogen) atoms. The molecule has 1 aromatic rings. The van der Waals surface area contributed by atoms with Crippen molar-refractivity contribution in [2.75, 3.05) is 40.4 Å². The van der Waals surface area contributed by atoms with Crippen molar-refractivity contribution < 1.29 is 9.53 Å². The van der Waals surface area contributed by atoms with Crippen molar-refractivity contribution in [1.29, 1.82) is 0 Å². The molecule has 0 aromatic carbocycles. The topological polar surface area (TPSA) is 32.8 Å². The van der Waals surface area contributed by atoms with Crippen molar-refractivity contribution >= 4 is 17.2 Å². The maximum absolute atomic E-state index is 11.7. The average molecular weight is 337 g/mol. The van der Waals surface area contributed by atoms with Crippen LogP contribution in [-0.2, 0) is 16.1 Å². The number of likely N-dealkylation sites (N-methyl/N-ethyl adjacent to an activating group) is 1. The molecule has 4 nitrogen and oxygen atoms in total. The Morgan fingerprint density at radius 3 is 3.04 bits per heavy atom. The van der Waals surface area contributed by atoms with Crippen LogP contribution in [0.1, 0.15) is 29.7 Å². The minimum atomic E-state index is 0.0556. The van der Waals surface area contributed by atoms with Gasteiger partial charge in [-0.05, 0) is 42.7 Å². The van der Waals surface area contributed by atoms with Gasteiger partial charge in [0, 0.05) is 44.0 Å². The van der Waals surface area contributed by atoms with Crippen LogP contribution in [0.15, 0.2) is 11.4 Å². The predicted octanol–water partition coefficient (Wildman–Crippen LogP) is 2.76. The summed E-state index contributed by atoms with van der Waals surface area (Å²) in [4.78, 5) is 17.4. The lowest BCUT2D eigenvalue weighted by Crippen LogP contribution is -2.34. The highest BCUT2D eigenvalue weighted by molar-refractivity contribution is 7.10. The Morgan fingerprint density at radius 1 is 1.52 bits per heavy atom. The monoisotopic (exact) mass is 336 g/mol. The van der Waals surface area contributed by atoms with Crippen molar-refractivity contribution in [2.24, 2.45) is 11.3 Å². The van der Waals surface area contributed by atoms with Crippen LogP contribution in [0.3, 0.4) is 0 Å². The largest absolute Gasteiger partial charge is 0.371 e. The van der Waals surface area contributed by atoms with E-state index in [4.69, 9.17) is 4.74 Å². The van der Waals surface area contributed by atoms with E-state index in [-0.39, 0.29) is 17.9 Å². The number of likely N-dealkylation sites (tertiary alicyclic amines) is 1. The van der Waals surface area contributed by atoms with Crippen molar-refractivity contribution in [1.82, 2.24) is 9.80 Å². The van der Waals surface area contributed by atoms with Crippen LogP contribution in [0.2, 0.25) is 0 Å². The first kappa shape index (κ1) is 16.9. The molecule has 5 heteroatoms. The number of ether oxygens (including phenoxy) is 1. The van der Waals surface area contributed by atoms with Gasteiger partial charge >= 0.3 is 0 Å². The van der Waals surface area contributed by atoms with E-state index in [9.17, 15) is 4.79 Å². The molecular formula is C18H28N2O2S. The molecule has 1 aliphatic heterocycles. The second kappa shape index (κ2) is 6.91. The molecule has 0 N–H and O–H groups in total. The van der Waals surface area contributed by atoms with Gasteiger partial charge < -0.3 is 9.64 Å². The molecule has 1 saturated carbocycles. The molecule has 0 unspecified atom stereocenters. The van der Waals surface area contributed by atoms with Gasteiger partial charge in [-0.25, -0.2) is 0 Å². The summed E-state index contributed by atoms with van der Waals surface area (Å²) in [6, 6.07) is 2.21. The van der Waals surface area contributed by atoms with Crippen LogP contribution < -0.4 is 0 Å². The molecule has 0 spiro atoms. The van der Waals surface area contributed by atoms with Gasteiger partial charge in [-0.3, -0.25) is 9.69 Å². The fourth-order valence-electron chi connectivity index (χ4n) is 4.12. The van der Waals surface area contributed by atoms with Gasteiger partial charge in [-0.2, -0.15) is 0 Å². The zero-order valence-electron chi connectivity index (χ0n) is 14.5. The van der Waals surface area contributed by atoms with E-state index in [0.29, 0.717) is 0 Å². The maximum atomic E-state index is 11.7. The smallest absolute Gasteiger partial charge is 0.248 e. The number of nitrogens with zero attached hydrogens (tertiary/aromatic N) is 2. The highest BCUT2D eigenvalue weighted by Gasteiger charge is 2.49. The summed E-state index contributed by atoms with van der Waals surface area (Å²) >= 11 is 1.87. The maximum Gasteiger partial charge on any atom is 0.248 e. The van der Waals surface area contributed by atoms with E-state index < -0.39 is 0 Å². The van der Waals surface area contributed by atoms with E-state index in [0.717, 1.165) is 25.6 Å². The molecule has 128 valence electrons. The summed E-state index contributed by atoms with van der Waals surface area (Å²) in [5.74, 6) is 0.789. The molecule has 1 aromatic heterocycles. The second-order valence-electron chi connectivity index (χ2n) is 7.43. The van der Waals surface area contributed by atoms with Crippen LogP contribution in [0, 0.1) is 18.3 Å². The third-order valence-corrected chi connectivity index (χ3v) is 6.57. The van der Waals surface area contributed by atoms with Crippen molar-refractivity contribution in [2.45, 2.75) is 32.7 Å². The Hall–Kier alpha value is -0.910. The zero-order valence-corrected chi connectivity index (χ0v) is 15.3. The first-order valence-electron chi connectivity index (χ1n) is 8.53. The fourth-order valence-corrected chi connectivity index (χ4v) is 5.07. The SMILES string of the molecule is Cc1ccsc1CN1C[C@H]2CCC[C@@]2(COCC(=O)N(C)C)C1. The average Bonchev–Trinajstić information content (AvgIpc) is 3.14. The van der Waals surface area contributed by atoms with Crippen LogP contribution in [-0.4, -0.2) is 56.1 Å². The number of thiophene rings is 1. The highest BCUT2D eigenvalue weighted by atomic mass is 32.1. The van der Waals surface area contributed by atoms with Crippen LogP contribution in [0.4, 0.5) is 0 Å². The minimum absolute atomic E-state index is 0.0556. The molecule has 0 bridgehead atoms. The third-order valence-electron chi connectivity index (χ3n) is 5.56. The van der Waals surface area contributed by atoms with Crippen LogP contribution in [0.5, 0.6) is 0 Å². The Bertz CT molecular complexity index is 557. The number of fused-ring (bicyclic) bond motifs is 1. The lowest BCUT2D eigenvalue weighted by atomic mass is 9.81. The molecule has 1 aliphatic carbocycles. The summed E-state index contributed by atoms with van der Waals surface area (Å²) in [5.41, 5.74) is 1.69. The van der Waals surface area contributed by atoms with Crippen molar-refractivity contribution in [3.05, 3.63) is 21.9 Å². The zero-order chi connectivity index (χ0) is 16.4. The van der Waals surface area contributed by atoms with E-state index in [1.54, 1.807) is 19.0 Å². The predicted molar refractivity (Wildman–Crippen MR) is 93.6 cm³/mol. The first-order chi connectivity index (χ1) is 11.0. The number of hydrogen-bond donors (Lipinski definition) is 0.